The van der Waals surface area contributed by atoms with E-state index in [4.69, 9.17) is 10.5 Å². The van der Waals surface area contributed by atoms with Crippen LogP contribution in [0.1, 0.15) is 44.5 Å². The molecule has 0 radical (unpaired) electrons. The molecular formula is C20H25FN4O2S. The van der Waals surface area contributed by atoms with Crippen molar-refractivity contribution in [2.45, 2.75) is 50.4 Å². The van der Waals surface area contributed by atoms with E-state index in [0.717, 1.165) is 11.8 Å². The van der Waals surface area contributed by atoms with Gasteiger partial charge < -0.3 is 10.5 Å². The molecule has 1 amide bonds. The van der Waals surface area contributed by atoms with Crippen LogP contribution >= 0.6 is 11.8 Å². The molecular weight excluding hydrogens is 379 g/mol. The highest BCUT2D eigenvalue weighted by molar-refractivity contribution is 7.99. The van der Waals surface area contributed by atoms with Crippen LogP contribution in [0.5, 0.6) is 5.75 Å². The number of rotatable bonds is 8. The molecule has 0 saturated heterocycles. The van der Waals surface area contributed by atoms with E-state index in [2.05, 4.69) is 21.7 Å². The fourth-order valence-corrected chi connectivity index (χ4v) is 5.61. The Morgan fingerprint density at radius 3 is 2.86 bits per heavy atom. The first kappa shape index (κ1) is 19.2. The molecule has 4 atom stereocenters. The fourth-order valence-electron chi connectivity index (χ4n) is 4.83. The van der Waals surface area contributed by atoms with Crippen molar-refractivity contribution in [3.63, 3.8) is 0 Å². The number of nitrogens with zero attached hydrogens (tertiary/aromatic N) is 3. The zero-order valence-electron chi connectivity index (χ0n) is 15.9. The minimum absolute atomic E-state index is 0.121. The maximum atomic E-state index is 13.9. The number of aromatic nitrogens is 3. The number of benzene rings is 1. The Kier molecular flexibility index (Phi) is 5.57. The van der Waals surface area contributed by atoms with Crippen molar-refractivity contribution in [2.75, 3.05) is 5.75 Å². The molecule has 2 N–H and O–H groups in total. The van der Waals surface area contributed by atoms with E-state index in [9.17, 15) is 9.18 Å². The van der Waals surface area contributed by atoms with E-state index in [-0.39, 0.29) is 24.2 Å². The van der Waals surface area contributed by atoms with Crippen LogP contribution < -0.4 is 10.5 Å². The molecule has 28 heavy (non-hydrogen) atoms. The third-order valence-electron chi connectivity index (χ3n) is 6.09. The largest absolute Gasteiger partial charge is 0.483 e. The first-order chi connectivity index (χ1) is 13.5. The lowest BCUT2D eigenvalue weighted by Gasteiger charge is -2.30. The molecule has 2 aliphatic rings. The summed E-state index contributed by atoms with van der Waals surface area (Å²) in [5, 5.41) is 9.23. The van der Waals surface area contributed by atoms with Crippen molar-refractivity contribution >= 4 is 17.7 Å². The van der Waals surface area contributed by atoms with Crippen LogP contribution in [0, 0.1) is 23.6 Å². The van der Waals surface area contributed by atoms with E-state index in [1.54, 1.807) is 18.2 Å². The molecule has 2 saturated carbocycles. The van der Waals surface area contributed by atoms with Crippen molar-refractivity contribution in [1.82, 2.24) is 14.8 Å². The normalized spacial score (nSPS) is 24.4. The third-order valence-corrected chi connectivity index (χ3v) is 7.06. The molecule has 0 aliphatic heterocycles. The van der Waals surface area contributed by atoms with Crippen molar-refractivity contribution in [3.05, 3.63) is 35.9 Å². The number of thioether (sulfide) groups is 1. The van der Waals surface area contributed by atoms with Crippen LogP contribution in [-0.4, -0.2) is 26.4 Å². The Hall–Kier alpha value is -2.09. The van der Waals surface area contributed by atoms with Crippen molar-refractivity contribution in [1.29, 1.82) is 0 Å². The number of ether oxygens (including phenoxy) is 1. The predicted molar refractivity (Wildman–Crippen MR) is 104 cm³/mol. The van der Waals surface area contributed by atoms with E-state index in [1.807, 2.05) is 0 Å². The van der Waals surface area contributed by atoms with Gasteiger partial charge in [-0.2, -0.15) is 0 Å². The number of halogens is 1. The standard InChI is InChI=1S/C20H25FN4O2S/c1-12(15-9-13-6-7-14(15)8-13)25-19(23-24-20(25)28-11-18(22)26)10-27-17-5-3-2-4-16(17)21/h2-5,12-15H,6-11H2,1H3,(H2,22,26)/t12-,13-,14+,15-/m1/s1. The average molecular weight is 405 g/mol. The van der Waals surface area contributed by atoms with Crippen LogP contribution in [-0.2, 0) is 11.4 Å². The number of amides is 1. The Morgan fingerprint density at radius 2 is 2.18 bits per heavy atom. The minimum atomic E-state index is -0.405. The number of nitrogens with two attached hydrogens (primary N) is 1. The van der Waals surface area contributed by atoms with Gasteiger partial charge in [-0.25, -0.2) is 4.39 Å². The van der Waals surface area contributed by atoms with Gasteiger partial charge in [-0.1, -0.05) is 30.3 Å². The molecule has 2 aromatic rings. The lowest BCUT2D eigenvalue weighted by Crippen LogP contribution is -2.25. The number of carbonyl (C=O) groups excluding carboxylic acids is 1. The SMILES string of the molecule is C[C@H]([C@H]1C[C@@H]2CC[C@H]1C2)n1c(COc2ccccc2F)nnc1SCC(N)=O. The molecule has 2 fully saturated rings. The van der Waals surface area contributed by atoms with Gasteiger partial charge in [0.25, 0.3) is 0 Å². The zero-order valence-corrected chi connectivity index (χ0v) is 16.7. The summed E-state index contributed by atoms with van der Waals surface area (Å²) in [5.41, 5.74) is 5.31. The molecule has 1 aromatic carbocycles. The summed E-state index contributed by atoms with van der Waals surface area (Å²) in [6.45, 7) is 2.31. The smallest absolute Gasteiger partial charge is 0.227 e. The van der Waals surface area contributed by atoms with Crippen LogP contribution in [0.2, 0.25) is 0 Å². The summed E-state index contributed by atoms with van der Waals surface area (Å²) in [4.78, 5) is 11.2. The minimum Gasteiger partial charge on any atom is -0.483 e. The third kappa shape index (κ3) is 3.87. The average Bonchev–Trinajstić information content (AvgIpc) is 3.40. The van der Waals surface area contributed by atoms with Crippen molar-refractivity contribution in [2.24, 2.45) is 23.5 Å². The molecule has 4 rings (SSSR count). The number of para-hydroxylation sites is 1. The second kappa shape index (κ2) is 8.11. The van der Waals surface area contributed by atoms with Gasteiger partial charge in [-0.3, -0.25) is 9.36 Å². The first-order valence-electron chi connectivity index (χ1n) is 9.75. The molecule has 1 heterocycles. The van der Waals surface area contributed by atoms with E-state index in [1.165, 1.54) is 43.5 Å². The lowest BCUT2D eigenvalue weighted by molar-refractivity contribution is -0.115. The second-order valence-corrected chi connectivity index (χ2v) is 8.76. The second-order valence-electron chi connectivity index (χ2n) is 7.82. The highest BCUT2D eigenvalue weighted by atomic mass is 32.2. The molecule has 2 aliphatic carbocycles. The van der Waals surface area contributed by atoms with Crippen LogP contribution in [0.15, 0.2) is 29.4 Å². The van der Waals surface area contributed by atoms with Gasteiger partial charge in [0.1, 0.15) is 6.61 Å². The van der Waals surface area contributed by atoms with Gasteiger partial charge in [-0.15, -0.1) is 10.2 Å². The van der Waals surface area contributed by atoms with Gasteiger partial charge in [-0.05, 0) is 56.1 Å². The molecule has 0 unspecified atom stereocenters. The summed E-state index contributed by atoms with van der Waals surface area (Å²) in [5.74, 6) is 2.31. The molecule has 8 heteroatoms. The summed E-state index contributed by atoms with van der Waals surface area (Å²) in [7, 11) is 0. The maximum Gasteiger partial charge on any atom is 0.227 e. The lowest BCUT2D eigenvalue weighted by atomic mass is 9.84. The Bertz CT molecular complexity index is 858. The monoisotopic (exact) mass is 404 g/mol. The molecule has 2 bridgehead atoms. The highest BCUT2D eigenvalue weighted by Crippen LogP contribution is 2.52. The molecule has 6 nitrogen and oxygen atoms in total. The number of primary amides is 1. The Labute approximate surface area is 168 Å². The van der Waals surface area contributed by atoms with E-state index in [0.29, 0.717) is 16.9 Å². The summed E-state index contributed by atoms with van der Waals surface area (Å²) < 4.78 is 21.6. The number of carbonyl (C=O) groups is 1. The summed E-state index contributed by atoms with van der Waals surface area (Å²) in [6.07, 6.45) is 5.15. The highest BCUT2D eigenvalue weighted by Gasteiger charge is 2.43. The summed E-state index contributed by atoms with van der Waals surface area (Å²) >= 11 is 1.29. The van der Waals surface area contributed by atoms with Crippen LogP contribution in [0.3, 0.4) is 0 Å². The predicted octanol–water partition coefficient (Wildman–Crippen LogP) is 3.57. The van der Waals surface area contributed by atoms with Crippen molar-refractivity contribution in [3.8, 4) is 5.75 Å². The number of hydrogen-bond donors (Lipinski definition) is 1. The van der Waals surface area contributed by atoms with Gasteiger partial charge in [0, 0.05) is 6.04 Å². The fraction of sp³-hybridized carbons (Fsp3) is 0.550. The van der Waals surface area contributed by atoms with E-state index >= 15 is 0 Å². The Morgan fingerprint density at radius 1 is 1.36 bits per heavy atom. The van der Waals surface area contributed by atoms with Gasteiger partial charge in [0.2, 0.25) is 5.91 Å². The van der Waals surface area contributed by atoms with Gasteiger partial charge in [0.15, 0.2) is 22.5 Å². The molecule has 1 aromatic heterocycles. The summed E-state index contributed by atoms with van der Waals surface area (Å²) in [6, 6.07) is 6.51. The van der Waals surface area contributed by atoms with Gasteiger partial charge in [0.05, 0.1) is 5.75 Å². The molecule has 0 spiro atoms. The van der Waals surface area contributed by atoms with Gasteiger partial charge >= 0.3 is 0 Å². The van der Waals surface area contributed by atoms with Crippen molar-refractivity contribution < 1.29 is 13.9 Å². The quantitative estimate of drug-likeness (QED) is 0.680. The zero-order chi connectivity index (χ0) is 19.7. The van der Waals surface area contributed by atoms with Crippen LogP contribution in [0.25, 0.3) is 0 Å². The number of hydrogen-bond acceptors (Lipinski definition) is 5. The molecule has 150 valence electrons. The first-order valence-corrected chi connectivity index (χ1v) is 10.7. The maximum absolute atomic E-state index is 13.9. The van der Waals surface area contributed by atoms with Crippen LogP contribution in [0.4, 0.5) is 4.39 Å². The Balaban J connectivity index is 1.56. The van der Waals surface area contributed by atoms with E-state index < -0.39 is 11.7 Å². The topological polar surface area (TPSA) is 83.0 Å². The number of fused-ring (bicyclic) bond motifs is 2.